The molecule has 1 saturated carbocycles. The molecule has 1 aliphatic rings. The SMILES string of the molecule is COc1cc(C(=O)NC2CCC(O)CC2)cc(Cl)c1OCC(C)C. The molecule has 0 saturated heterocycles. The molecule has 0 atom stereocenters. The van der Waals surface area contributed by atoms with Crippen LogP contribution in [0, 0.1) is 5.92 Å². The van der Waals surface area contributed by atoms with E-state index in [4.69, 9.17) is 21.1 Å². The van der Waals surface area contributed by atoms with Crippen molar-refractivity contribution in [2.45, 2.75) is 51.7 Å². The average molecular weight is 356 g/mol. The molecule has 1 fully saturated rings. The van der Waals surface area contributed by atoms with Crippen LogP contribution < -0.4 is 14.8 Å². The smallest absolute Gasteiger partial charge is 0.251 e. The van der Waals surface area contributed by atoms with Gasteiger partial charge in [0.25, 0.3) is 5.91 Å². The summed E-state index contributed by atoms with van der Waals surface area (Å²) < 4.78 is 11.0. The van der Waals surface area contributed by atoms with Crippen molar-refractivity contribution in [3.8, 4) is 11.5 Å². The fourth-order valence-electron chi connectivity index (χ4n) is 2.73. The van der Waals surface area contributed by atoms with E-state index in [0.717, 1.165) is 25.7 Å². The van der Waals surface area contributed by atoms with Crippen LogP contribution in [0.3, 0.4) is 0 Å². The number of hydrogen-bond acceptors (Lipinski definition) is 4. The van der Waals surface area contributed by atoms with Crippen molar-refractivity contribution in [2.75, 3.05) is 13.7 Å². The molecule has 0 spiro atoms. The third-order valence-corrected chi connectivity index (χ3v) is 4.37. The van der Waals surface area contributed by atoms with Gasteiger partial charge in [0.2, 0.25) is 0 Å². The zero-order valence-electron chi connectivity index (χ0n) is 14.5. The molecule has 1 aromatic carbocycles. The van der Waals surface area contributed by atoms with Crippen LogP contribution in [0.4, 0.5) is 0 Å². The van der Waals surface area contributed by atoms with Crippen molar-refractivity contribution in [3.05, 3.63) is 22.7 Å². The third kappa shape index (κ3) is 5.02. The molecule has 24 heavy (non-hydrogen) atoms. The number of halogens is 1. The average Bonchev–Trinajstić information content (AvgIpc) is 2.54. The van der Waals surface area contributed by atoms with E-state index in [1.54, 1.807) is 12.1 Å². The van der Waals surface area contributed by atoms with Gasteiger partial charge in [0.1, 0.15) is 0 Å². The summed E-state index contributed by atoms with van der Waals surface area (Å²) in [6.07, 6.45) is 2.76. The first-order valence-electron chi connectivity index (χ1n) is 8.40. The van der Waals surface area contributed by atoms with Crippen molar-refractivity contribution in [3.63, 3.8) is 0 Å². The molecule has 0 radical (unpaired) electrons. The summed E-state index contributed by atoms with van der Waals surface area (Å²) in [6.45, 7) is 4.61. The lowest BCUT2D eigenvalue weighted by molar-refractivity contribution is 0.0867. The number of carbonyl (C=O) groups is 1. The number of aliphatic hydroxyl groups is 1. The summed E-state index contributed by atoms with van der Waals surface area (Å²) in [5, 5.41) is 12.9. The minimum atomic E-state index is -0.245. The Morgan fingerprint density at radius 3 is 2.58 bits per heavy atom. The Morgan fingerprint density at radius 2 is 2.00 bits per heavy atom. The Bertz CT molecular complexity index is 568. The van der Waals surface area contributed by atoms with Crippen molar-refractivity contribution >= 4 is 17.5 Å². The molecule has 5 nitrogen and oxygen atoms in total. The van der Waals surface area contributed by atoms with E-state index in [2.05, 4.69) is 5.32 Å². The van der Waals surface area contributed by atoms with Gasteiger partial charge in [-0.25, -0.2) is 0 Å². The lowest BCUT2D eigenvalue weighted by Crippen LogP contribution is -2.38. The first-order valence-corrected chi connectivity index (χ1v) is 8.77. The normalized spacial score (nSPS) is 20.8. The Kier molecular flexibility index (Phi) is 6.75. The van der Waals surface area contributed by atoms with Crippen LogP contribution in [-0.2, 0) is 0 Å². The topological polar surface area (TPSA) is 67.8 Å². The standard InChI is InChI=1S/C18H26ClNO4/c1-11(2)10-24-17-15(19)8-12(9-16(17)23-3)18(22)20-13-4-6-14(21)7-5-13/h8-9,11,13-14,21H,4-7,10H2,1-3H3,(H,20,22). The second-order valence-corrected chi connectivity index (χ2v) is 7.08. The number of benzene rings is 1. The first kappa shape index (κ1) is 18.9. The van der Waals surface area contributed by atoms with Gasteiger partial charge >= 0.3 is 0 Å². The van der Waals surface area contributed by atoms with Crippen molar-refractivity contribution in [2.24, 2.45) is 5.92 Å². The molecule has 2 rings (SSSR count). The lowest BCUT2D eigenvalue weighted by atomic mass is 9.93. The summed E-state index contributed by atoms with van der Waals surface area (Å²) in [5.41, 5.74) is 0.444. The quantitative estimate of drug-likeness (QED) is 0.820. The van der Waals surface area contributed by atoms with Crippen LogP contribution in [0.2, 0.25) is 5.02 Å². The van der Waals surface area contributed by atoms with Gasteiger partial charge < -0.3 is 19.9 Å². The minimum Gasteiger partial charge on any atom is -0.493 e. The lowest BCUT2D eigenvalue weighted by Gasteiger charge is -2.26. The van der Waals surface area contributed by atoms with Gasteiger partial charge in [-0.05, 0) is 43.7 Å². The zero-order valence-corrected chi connectivity index (χ0v) is 15.2. The van der Waals surface area contributed by atoms with Gasteiger partial charge in [0.15, 0.2) is 11.5 Å². The van der Waals surface area contributed by atoms with E-state index in [9.17, 15) is 9.90 Å². The molecule has 0 aliphatic heterocycles. The predicted molar refractivity (Wildman–Crippen MR) is 94.1 cm³/mol. The molecule has 2 N–H and O–H groups in total. The number of nitrogens with one attached hydrogen (secondary N) is 1. The summed E-state index contributed by atoms with van der Waals surface area (Å²) in [5.74, 6) is 1.08. The van der Waals surface area contributed by atoms with Crippen LogP contribution in [0.5, 0.6) is 11.5 Å². The highest BCUT2D eigenvalue weighted by atomic mass is 35.5. The number of methoxy groups -OCH3 is 1. The molecule has 0 heterocycles. The number of aliphatic hydroxyl groups excluding tert-OH is 1. The van der Waals surface area contributed by atoms with Gasteiger partial charge in [-0.3, -0.25) is 4.79 Å². The Morgan fingerprint density at radius 1 is 1.33 bits per heavy atom. The number of rotatable bonds is 6. The van der Waals surface area contributed by atoms with E-state index < -0.39 is 0 Å². The fourth-order valence-corrected chi connectivity index (χ4v) is 3.00. The Hall–Kier alpha value is -1.46. The molecule has 1 aromatic rings. The number of hydrogen-bond donors (Lipinski definition) is 2. The van der Waals surface area contributed by atoms with Crippen molar-refractivity contribution in [1.82, 2.24) is 5.32 Å². The van der Waals surface area contributed by atoms with E-state index in [-0.39, 0.29) is 18.1 Å². The van der Waals surface area contributed by atoms with Crippen LogP contribution in [0.1, 0.15) is 49.9 Å². The van der Waals surface area contributed by atoms with E-state index >= 15 is 0 Å². The Labute approximate surface area is 148 Å². The highest BCUT2D eigenvalue weighted by Crippen LogP contribution is 2.36. The molecule has 1 amide bonds. The van der Waals surface area contributed by atoms with Gasteiger partial charge in [0.05, 0.1) is 24.8 Å². The van der Waals surface area contributed by atoms with Crippen LogP contribution in [0.25, 0.3) is 0 Å². The monoisotopic (exact) mass is 355 g/mol. The van der Waals surface area contributed by atoms with Crippen LogP contribution in [0.15, 0.2) is 12.1 Å². The summed E-state index contributed by atoms with van der Waals surface area (Å²) in [7, 11) is 1.53. The van der Waals surface area contributed by atoms with E-state index in [1.165, 1.54) is 7.11 Å². The zero-order chi connectivity index (χ0) is 17.7. The molecule has 134 valence electrons. The highest BCUT2D eigenvalue weighted by molar-refractivity contribution is 6.32. The van der Waals surface area contributed by atoms with Gasteiger partial charge in [-0.15, -0.1) is 0 Å². The summed E-state index contributed by atoms with van der Waals surface area (Å²) in [4.78, 5) is 12.5. The Balaban J connectivity index is 2.09. The first-order chi connectivity index (χ1) is 11.4. The molecular weight excluding hydrogens is 330 g/mol. The van der Waals surface area contributed by atoms with Crippen molar-refractivity contribution in [1.29, 1.82) is 0 Å². The molecular formula is C18H26ClNO4. The second kappa shape index (κ2) is 8.58. The second-order valence-electron chi connectivity index (χ2n) is 6.67. The maximum absolute atomic E-state index is 12.5. The summed E-state index contributed by atoms with van der Waals surface area (Å²) in [6, 6.07) is 3.34. The van der Waals surface area contributed by atoms with Gasteiger partial charge in [-0.1, -0.05) is 25.4 Å². The minimum absolute atomic E-state index is 0.0857. The molecule has 0 unspecified atom stereocenters. The highest BCUT2D eigenvalue weighted by Gasteiger charge is 2.22. The van der Waals surface area contributed by atoms with Crippen LogP contribution >= 0.6 is 11.6 Å². The molecule has 0 aromatic heterocycles. The summed E-state index contributed by atoms with van der Waals surface area (Å²) >= 11 is 6.28. The molecule has 0 bridgehead atoms. The third-order valence-electron chi connectivity index (χ3n) is 4.08. The number of ether oxygens (including phenoxy) is 2. The largest absolute Gasteiger partial charge is 0.493 e. The maximum Gasteiger partial charge on any atom is 0.251 e. The van der Waals surface area contributed by atoms with Crippen LogP contribution in [-0.4, -0.2) is 36.9 Å². The fraction of sp³-hybridized carbons (Fsp3) is 0.611. The number of carbonyl (C=O) groups excluding carboxylic acids is 1. The van der Waals surface area contributed by atoms with Gasteiger partial charge in [-0.2, -0.15) is 0 Å². The van der Waals surface area contributed by atoms with Gasteiger partial charge in [0, 0.05) is 11.6 Å². The predicted octanol–water partition coefficient (Wildman–Crippen LogP) is 3.42. The van der Waals surface area contributed by atoms with E-state index in [0.29, 0.717) is 34.6 Å². The maximum atomic E-state index is 12.5. The molecule has 1 aliphatic carbocycles. The number of amides is 1. The van der Waals surface area contributed by atoms with Crippen molar-refractivity contribution < 1.29 is 19.4 Å². The molecule has 6 heteroatoms. The van der Waals surface area contributed by atoms with E-state index in [1.807, 2.05) is 13.8 Å².